The Kier molecular flexibility index (Phi) is 7.37. The first-order valence-electron chi connectivity index (χ1n) is 9.67. The summed E-state index contributed by atoms with van der Waals surface area (Å²) in [6.07, 6.45) is 0.699. The third-order valence-electron chi connectivity index (χ3n) is 4.83. The average Bonchev–Trinajstić information content (AvgIpc) is 2.98. The van der Waals surface area contributed by atoms with E-state index in [0.717, 1.165) is 0 Å². The molecule has 158 valence electrons. The predicted molar refractivity (Wildman–Crippen MR) is 120 cm³/mol. The van der Waals surface area contributed by atoms with Gasteiger partial charge in [0, 0.05) is 25.9 Å². The van der Waals surface area contributed by atoms with Crippen molar-refractivity contribution in [2.45, 2.75) is 18.9 Å². The summed E-state index contributed by atoms with van der Waals surface area (Å²) in [6.45, 7) is 1.06. The number of methoxy groups -OCH3 is 2. The van der Waals surface area contributed by atoms with E-state index in [9.17, 15) is 9.59 Å². The fraction of sp³-hybridized carbons (Fsp3) is 0.318. The summed E-state index contributed by atoms with van der Waals surface area (Å²) >= 11 is 5.62. The molecule has 0 radical (unpaired) electrons. The summed E-state index contributed by atoms with van der Waals surface area (Å²) in [5.41, 5.74) is 1.34. The van der Waals surface area contributed by atoms with Gasteiger partial charge in [0.1, 0.15) is 11.8 Å². The van der Waals surface area contributed by atoms with Gasteiger partial charge in [-0.25, -0.2) is 0 Å². The molecule has 1 atom stereocenters. The Bertz CT molecular complexity index is 889. The summed E-state index contributed by atoms with van der Waals surface area (Å²) < 4.78 is 10.3. The zero-order valence-electron chi connectivity index (χ0n) is 17.0. The van der Waals surface area contributed by atoms with Gasteiger partial charge in [-0.15, -0.1) is 0 Å². The lowest BCUT2D eigenvalue weighted by atomic mass is 10.1. The van der Waals surface area contributed by atoms with Crippen LogP contribution in [0.4, 0.5) is 11.4 Å². The van der Waals surface area contributed by atoms with Crippen molar-refractivity contribution in [1.29, 1.82) is 0 Å². The number of amides is 2. The molecule has 2 aromatic rings. The number of hydrogen-bond acceptors (Lipinski definition) is 5. The molecule has 2 amide bonds. The third kappa shape index (κ3) is 4.95. The number of nitrogens with one attached hydrogen (secondary N) is 1. The Hall–Kier alpha value is -2.97. The molecule has 2 aromatic carbocycles. The fourth-order valence-corrected chi connectivity index (χ4v) is 3.76. The van der Waals surface area contributed by atoms with Crippen molar-refractivity contribution in [2.75, 3.05) is 37.6 Å². The Balaban J connectivity index is 1.79. The molecular formula is C22H25N3O4S. The first-order chi connectivity index (χ1) is 14.5. The highest BCUT2D eigenvalue weighted by Gasteiger charge is 2.43. The molecule has 1 saturated heterocycles. The number of para-hydroxylation sites is 1. The van der Waals surface area contributed by atoms with Gasteiger partial charge in [-0.1, -0.05) is 18.2 Å². The minimum absolute atomic E-state index is 0.00744. The molecule has 7 nitrogen and oxygen atoms in total. The van der Waals surface area contributed by atoms with Gasteiger partial charge in [0.2, 0.25) is 5.91 Å². The monoisotopic (exact) mass is 427 g/mol. The quantitative estimate of drug-likeness (QED) is 0.490. The number of hydrogen-bond donors (Lipinski definition) is 1. The van der Waals surface area contributed by atoms with E-state index in [0.29, 0.717) is 41.8 Å². The Morgan fingerprint density at radius 2 is 1.80 bits per heavy atom. The molecule has 3 rings (SSSR count). The van der Waals surface area contributed by atoms with Crippen molar-refractivity contribution < 1.29 is 19.1 Å². The van der Waals surface area contributed by atoms with Crippen LogP contribution >= 0.6 is 12.2 Å². The third-order valence-corrected chi connectivity index (χ3v) is 5.25. The second-order valence-corrected chi connectivity index (χ2v) is 7.19. The van der Waals surface area contributed by atoms with Gasteiger partial charge < -0.3 is 19.7 Å². The average molecular weight is 428 g/mol. The molecule has 1 aliphatic heterocycles. The molecule has 0 spiro atoms. The van der Waals surface area contributed by atoms with E-state index in [1.165, 1.54) is 4.90 Å². The van der Waals surface area contributed by atoms with Crippen LogP contribution in [0.1, 0.15) is 12.8 Å². The van der Waals surface area contributed by atoms with Crippen molar-refractivity contribution in [2.24, 2.45) is 0 Å². The van der Waals surface area contributed by atoms with E-state index >= 15 is 0 Å². The maximum absolute atomic E-state index is 13.3. The Morgan fingerprint density at radius 3 is 2.43 bits per heavy atom. The van der Waals surface area contributed by atoms with Crippen LogP contribution in [-0.4, -0.2) is 55.2 Å². The topological polar surface area (TPSA) is 71.1 Å². The smallest absolute Gasteiger partial charge is 0.256 e. The number of benzene rings is 2. The van der Waals surface area contributed by atoms with E-state index in [-0.39, 0.29) is 18.2 Å². The summed E-state index contributed by atoms with van der Waals surface area (Å²) in [4.78, 5) is 29.2. The molecule has 0 aliphatic carbocycles. The summed E-state index contributed by atoms with van der Waals surface area (Å²) in [7, 11) is 3.21. The Labute approximate surface area is 181 Å². The van der Waals surface area contributed by atoms with Crippen LogP contribution in [0.25, 0.3) is 0 Å². The van der Waals surface area contributed by atoms with E-state index < -0.39 is 6.04 Å². The lowest BCUT2D eigenvalue weighted by molar-refractivity contribution is -0.124. The highest BCUT2D eigenvalue weighted by molar-refractivity contribution is 7.80. The number of nitrogens with zero attached hydrogens (tertiary/aromatic N) is 2. The summed E-state index contributed by atoms with van der Waals surface area (Å²) in [5.74, 6) is 0.230. The molecule has 1 fully saturated rings. The van der Waals surface area contributed by atoms with Crippen molar-refractivity contribution in [3.8, 4) is 5.75 Å². The van der Waals surface area contributed by atoms with Crippen molar-refractivity contribution >= 4 is 40.5 Å². The van der Waals surface area contributed by atoms with Crippen LogP contribution in [0.2, 0.25) is 0 Å². The lowest BCUT2D eigenvalue weighted by Crippen LogP contribution is -2.38. The summed E-state index contributed by atoms with van der Waals surface area (Å²) in [5, 5.41) is 3.23. The first kappa shape index (κ1) is 21.7. The van der Waals surface area contributed by atoms with E-state index in [4.69, 9.17) is 21.7 Å². The summed E-state index contributed by atoms with van der Waals surface area (Å²) in [6, 6.07) is 15.6. The van der Waals surface area contributed by atoms with Crippen LogP contribution in [-0.2, 0) is 14.3 Å². The van der Waals surface area contributed by atoms with Crippen LogP contribution in [0.15, 0.2) is 54.6 Å². The van der Waals surface area contributed by atoms with Gasteiger partial charge in [0.15, 0.2) is 5.11 Å². The molecular weight excluding hydrogens is 402 g/mol. The highest BCUT2D eigenvalue weighted by atomic mass is 32.1. The molecule has 1 N–H and O–H groups in total. The van der Waals surface area contributed by atoms with Crippen LogP contribution in [0.3, 0.4) is 0 Å². The molecule has 1 heterocycles. The number of rotatable bonds is 9. The first-order valence-corrected chi connectivity index (χ1v) is 10.1. The minimum Gasteiger partial charge on any atom is -0.497 e. The van der Waals surface area contributed by atoms with Gasteiger partial charge >= 0.3 is 0 Å². The van der Waals surface area contributed by atoms with Crippen molar-refractivity contribution in [3.05, 3.63) is 54.6 Å². The van der Waals surface area contributed by atoms with E-state index in [1.807, 2.05) is 23.1 Å². The molecule has 1 aliphatic rings. The van der Waals surface area contributed by atoms with Crippen LogP contribution in [0.5, 0.6) is 5.75 Å². The Morgan fingerprint density at radius 1 is 1.10 bits per heavy atom. The van der Waals surface area contributed by atoms with Crippen molar-refractivity contribution in [1.82, 2.24) is 4.90 Å². The molecule has 0 bridgehead atoms. The van der Waals surface area contributed by atoms with E-state index in [2.05, 4.69) is 5.32 Å². The predicted octanol–water partition coefficient (Wildman–Crippen LogP) is 3.06. The number of ether oxygens (including phenoxy) is 2. The maximum Gasteiger partial charge on any atom is 0.256 e. The normalized spacial score (nSPS) is 16.1. The molecule has 8 heteroatoms. The van der Waals surface area contributed by atoms with E-state index in [1.54, 1.807) is 50.6 Å². The van der Waals surface area contributed by atoms with Gasteiger partial charge in [0.25, 0.3) is 5.91 Å². The van der Waals surface area contributed by atoms with Crippen molar-refractivity contribution in [3.63, 3.8) is 0 Å². The van der Waals surface area contributed by atoms with Crippen LogP contribution < -0.4 is 15.0 Å². The number of carbonyl (C=O) groups is 2. The molecule has 0 unspecified atom stereocenters. The second-order valence-electron chi connectivity index (χ2n) is 6.83. The molecule has 0 saturated carbocycles. The van der Waals surface area contributed by atoms with Gasteiger partial charge in [-0.2, -0.15) is 0 Å². The molecule has 0 aromatic heterocycles. The zero-order valence-corrected chi connectivity index (χ0v) is 17.9. The maximum atomic E-state index is 13.3. The standard InChI is InChI=1S/C22H25N3O4S/c1-28-14-6-13-24-19(15-20(26)23-16-7-4-3-5-8-16)21(27)25(22(24)30)17-9-11-18(29-2)12-10-17/h3-5,7-12,19H,6,13-15H2,1-2H3,(H,23,26)/t19-/m1/s1. The zero-order chi connectivity index (χ0) is 21.5. The van der Waals surface area contributed by atoms with Gasteiger partial charge in [0.05, 0.1) is 19.2 Å². The fourth-order valence-electron chi connectivity index (χ4n) is 3.34. The number of carbonyl (C=O) groups excluding carboxylic acids is 2. The van der Waals surface area contributed by atoms with Crippen LogP contribution in [0, 0.1) is 0 Å². The second kappa shape index (κ2) is 10.2. The largest absolute Gasteiger partial charge is 0.497 e. The molecule has 30 heavy (non-hydrogen) atoms. The SMILES string of the molecule is COCCCN1C(=S)N(c2ccc(OC)cc2)C(=O)[C@H]1CC(=O)Nc1ccccc1. The number of anilines is 2. The van der Waals surface area contributed by atoms with Gasteiger partial charge in [-0.05, 0) is 55.0 Å². The highest BCUT2D eigenvalue weighted by Crippen LogP contribution is 2.29. The van der Waals surface area contributed by atoms with Gasteiger partial charge in [-0.3, -0.25) is 14.5 Å². The number of thiocarbonyl (C=S) groups is 1. The minimum atomic E-state index is -0.667. The lowest BCUT2D eigenvalue weighted by Gasteiger charge is -2.23.